The van der Waals surface area contributed by atoms with Gasteiger partial charge < -0.3 is 14.8 Å². The molecule has 0 aliphatic carbocycles. The Morgan fingerprint density at radius 2 is 1.93 bits per heavy atom. The molecular formula is C21H23N5O2S. The number of aromatic nitrogens is 4. The molecule has 0 saturated carbocycles. The third-order valence-corrected chi connectivity index (χ3v) is 5.90. The van der Waals surface area contributed by atoms with Gasteiger partial charge in [0.2, 0.25) is 5.95 Å². The molecule has 4 rings (SSSR count). The molecule has 4 aromatic rings. The number of imidazole rings is 1. The van der Waals surface area contributed by atoms with Gasteiger partial charge in [-0.3, -0.25) is 4.57 Å². The van der Waals surface area contributed by atoms with Gasteiger partial charge in [-0.25, -0.2) is 9.97 Å². The second-order valence-electron chi connectivity index (χ2n) is 6.54. The minimum atomic E-state index is 0.603. The minimum Gasteiger partial charge on any atom is -0.493 e. The Morgan fingerprint density at radius 3 is 2.62 bits per heavy atom. The summed E-state index contributed by atoms with van der Waals surface area (Å²) >= 11 is 1.70. The molecule has 0 unspecified atom stereocenters. The Balaban J connectivity index is 1.70. The normalized spacial score (nSPS) is 11.0. The van der Waals surface area contributed by atoms with Crippen LogP contribution in [0.1, 0.15) is 23.2 Å². The number of hydrogen-bond acceptors (Lipinski definition) is 7. The fraction of sp³-hybridized carbons (Fsp3) is 0.286. The summed E-state index contributed by atoms with van der Waals surface area (Å²) in [7, 11) is 3.27. The van der Waals surface area contributed by atoms with Crippen molar-refractivity contribution in [3.8, 4) is 17.4 Å². The predicted molar refractivity (Wildman–Crippen MR) is 116 cm³/mol. The number of thiophene rings is 1. The molecule has 0 fully saturated rings. The molecule has 0 aliphatic rings. The summed E-state index contributed by atoms with van der Waals surface area (Å²) in [6.07, 6.45) is 4.60. The number of benzene rings is 1. The highest BCUT2D eigenvalue weighted by atomic mass is 32.1. The standard InChI is InChI=1S/C21H23N5O2S/c1-5-15-11-16-19(23-12-14-6-7-17(27-3)18(10-14)28-4)24-21(25-20(16)29-15)26-9-8-22-13(26)2/h6-11H,5,12H2,1-4H3,(H,23,24,25). The van der Waals surface area contributed by atoms with Crippen LogP contribution in [0.4, 0.5) is 5.82 Å². The number of anilines is 1. The van der Waals surface area contributed by atoms with Crippen LogP contribution in [-0.2, 0) is 13.0 Å². The third kappa shape index (κ3) is 3.75. The molecule has 3 heterocycles. The van der Waals surface area contributed by atoms with Gasteiger partial charge >= 0.3 is 0 Å². The molecule has 1 aromatic carbocycles. The van der Waals surface area contributed by atoms with Crippen LogP contribution in [0.3, 0.4) is 0 Å². The van der Waals surface area contributed by atoms with Crippen molar-refractivity contribution in [3.05, 3.63) is 52.9 Å². The largest absolute Gasteiger partial charge is 0.493 e. The van der Waals surface area contributed by atoms with Crippen LogP contribution in [-0.4, -0.2) is 33.7 Å². The maximum atomic E-state index is 5.41. The summed E-state index contributed by atoms with van der Waals surface area (Å²) in [5.74, 6) is 3.69. The van der Waals surface area contributed by atoms with Gasteiger partial charge in [-0.05, 0) is 37.1 Å². The van der Waals surface area contributed by atoms with E-state index in [-0.39, 0.29) is 0 Å². The maximum absolute atomic E-state index is 5.41. The number of fused-ring (bicyclic) bond motifs is 1. The van der Waals surface area contributed by atoms with Gasteiger partial charge in [-0.15, -0.1) is 11.3 Å². The average Bonchev–Trinajstić information content (AvgIpc) is 3.37. The maximum Gasteiger partial charge on any atom is 0.238 e. The van der Waals surface area contributed by atoms with Crippen molar-refractivity contribution in [2.45, 2.75) is 26.8 Å². The number of nitrogens with one attached hydrogen (secondary N) is 1. The lowest BCUT2D eigenvalue weighted by molar-refractivity contribution is 0.354. The highest BCUT2D eigenvalue weighted by molar-refractivity contribution is 7.18. The molecule has 0 spiro atoms. The van der Waals surface area contributed by atoms with Crippen LogP contribution in [0.2, 0.25) is 0 Å². The zero-order valence-corrected chi connectivity index (χ0v) is 17.7. The molecule has 3 aromatic heterocycles. The van der Waals surface area contributed by atoms with Gasteiger partial charge in [-0.1, -0.05) is 13.0 Å². The topological polar surface area (TPSA) is 74.1 Å². The molecule has 0 bridgehead atoms. The zero-order valence-electron chi connectivity index (χ0n) is 16.9. The molecule has 7 nitrogen and oxygen atoms in total. The summed E-state index contributed by atoms with van der Waals surface area (Å²) in [4.78, 5) is 16.1. The van der Waals surface area contributed by atoms with E-state index in [1.54, 1.807) is 31.8 Å². The van der Waals surface area contributed by atoms with Crippen LogP contribution in [0.25, 0.3) is 16.2 Å². The van der Waals surface area contributed by atoms with Crippen LogP contribution < -0.4 is 14.8 Å². The smallest absolute Gasteiger partial charge is 0.238 e. The van der Waals surface area contributed by atoms with E-state index < -0.39 is 0 Å². The fourth-order valence-electron chi connectivity index (χ4n) is 3.14. The molecule has 0 radical (unpaired) electrons. The van der Waals surface area contributed by atoms with E-state index in [9.17, 15) is 0 Å². The van der Waals surface area contributed by atoms with Crippen molar-refractivity contribution >= 4 is 27.4 Å². The second kappa shape index (κ2) is 8.08. The summed E-state index contributed by atoms with van der Waals surface area (Å²) < 4.78 is 12.6. The van der Waals surface area contributed by atoms with Crippen LogP contribution in [0.5, 0.6) is 11.5 Å². The van der Waals surface area contributed by atoms with E-state index in [1.807, 2.05) is 35.9 Å². The molecule has 0 atom stereocenters. The van der Waals surface area contributed by atoms with Crippen molar-refractivity contribution < 1.29 is 9.47 Å². The first-order valence-corrected chi connectivity index (χ1v) is 10.2. The van der Waals surface area contributed by atoms with E-state index in [0.29, 0.717) is 24.0 Å². The van der Waals surface area contributed by atoms with E-state index in [2.05, 4.69) is 23.3 Å². The lowest BCUT2D eigenvalue weighted by Gasteiger charge is -2.12. The average molecular weight is 410 g/mol. The monoisotopic (exact) mass is 409 g/mol. The Kier molecular flexibility index (Phi) is 5.35. The van der Waals surface area contributed by atoms with Gasteiger partial charge in [0.25, 0.3) is 0 Å². The van der Waals surface area contributed by atoms with E-state index >= 15 is 0 Å². The molecule has 29 heavy (non-hydrogen) atoms. The number of aryl methyl sites for hydroxylation is 2. The van der Waals surface area contributed by atoms with Crippen LogP contribution in [0, 0.1) is 6.92 Å². The highest BCUT2D eigenvalue weighted by Crippen LogP contribution is 2.31. The van der Waals surface area contributed by atoms with Crippen molar-refractivity contribution in [3.63, 3.8) is 0 Å². The predicted octanol–water partition coefficient (Wildman–Crippen LogP) is 4.38. The number of ether oxygens (including phenoxy) is 2. The van der Waals surface area contributed by atoms with E-state index in [4.69, 9.17) is 19.4 Å². The van der Waals surface area contributed by atoms with Crippen molar-refractivity contribution in [2.24, 2.45) is 0 Å². The van der Waals surface area contributed by atoms with Gasteiger partial charge in [0.1, 0.15) is 16.5 Å². The molecule has 0 saturated heterocycles. The number of nitrogens with zero attached hydrogens (tertiary/aromatic N) is 4. The fourth-order valence-corrected chi connectivity index (χ4v) is 4.10. The molecule has 0 amide bonds. The SMILES string of the molecule is CCc1cc2c(NCc3ccc(OC)c(OC)c3)nc(-n3ccnc3C)nc2s1. The van der Waals surface area contributed by atoms with Crippen molar-refractivity contribution in [1.29, 1.82) is 0 Å². The summed E-state index contributed by atoms with van der Waals surface area (Å²) in [5.41, 5.74) is 1.07. The zero-order chi connectivity index (χ0) is 20.4. The lowest BCUT2D eigenvalue weighted by atomic mass is 10.2. The third-order valence-electron chi connectivity index (χ3n) is 4.73. The first kappa shape index (κ1) is 19.2. The van der Waals surface area contributed by atoms with Gasteiger partial charge in [-0.2, -0.15) is 4.98 Å². The highest BCUT2D eigenvalue weighted by Gasteiger charge is 2.14. The minimum absolute atomic E-state index is 0.603. The Bertz CT molecular complexity index is 1150. The summed E-state index contributed by atoms with van der Waals surface area (Å²) in [5, 5.41) is 4.51. The number of hydrogen-bond donors (Lipinski definition) is 1. The summed E-state index contributed by atoms with van der Waals surface area (Å²) in [6.45, 7) is 4.69. The van der Waals surface area contributed by atoms with Crippen molar-refractivity contribution in [1.82, 2.24) is 19.5 Å². The molecule has 8 heteroatoms. The van der Waals surface area contributed by atoms with Crippen molar-refractivity contribution in [2.75, 3.05) is 19.5 Å². The molecule has 1 N–H and O–H groups in total. The Morgan fingerprint density at radius 1 is 1.10 bits per heavy atom. The van der Waals surface area contributed by atoms with Gasteiger partial charge in [0, 0.05) is 23.8 Å². The lowest BCUT2D eigenvalue weighted by Crippen LogP contribution is -2.07. The Labute approximate surface area is 173 Å². The Hall–Kier alpha value is -3.13. The first-order valence-electron chi connectivity index (χ1n) is 9.38. The van der Waals surface area contributed by atoms with E-state index in [0.717, 1.165) is 33.8 Å². The summed E-state index contributed by atoms with van der Waals surface area (Å²) in [6, 6.07) is 8.06. The van der Waals surface area contributed by atoms with Gasteiger partial charge in [0.05, 0.1) is 19.6 Å². The van der Waals surface area contributed by atoms with E-state index in [1.165, 1.54) is 4.88 Å². The second-order valence-corrected chi connectivity index (χ2v) is 7.66. The number of rotatable bonds is 7. The van der Waals surface area contributed by atoms with Gasteiger partial charge in [0.15, 0.2) is 11.5 Å². The van der Waals surface area contributed by atoms with Crippen LogP contribution >= 0.6 is 11.3 Å². The number of methoxy groups -OCH3 is 2. The quantitative estimate of drug-likeness (QED) is 0.488. The molecule has 0 aliphatic heterocycles. The molecule has 150 valence electrons. The molecular weight excluding hydrogens is 386 g/mol. The first-order chi connectivity index (χ1) is 14.1. The van der Waals surface area contributed by atoms with Crippen LogP contribution in [0.15, 0.2) is 36.7 Å².